The molecule has 98 valence electrons. The molecule has 5 heteroatoms. The maximum Gasteiger partial charge on any atom is 0.171 e. The minimum atomic E-state index is -0.492. The van der Waals surface area contributed by atoms with Gasteiger partial charge in [0.15, 0.2) is 5.78 Å². The van der Waals surface area contributed by atoms with Crippen LogP contribution in [0.25, 0.3) is 0 Å². The van der Waals surface area contributed by atoms with Gasteiger partial charge < -0.3 is 4.74 Å². The fourth-order valence-electron chi connectivity index (χ4n) is 1.71. The first-order valence-electron chi connectivity index (χ1n) is 5.57. The number of hydrogen-bond acceptors (Lipinski definition) is 3. The van der Waals surface area contributed by atoms with E-state index in [0.29, 0.717) is 21.9 Å². The summed E-state index contributed by atoms with van der Waals surface area (Å²) in [5, 5.41) is 0.301. The number of rotatable bonds is 4. The highest BCUT2D eigenvalue weighted by Crippen LogP contribution is 2.20. The molecule has 19 heavy (non-hydrogen) atoms. The first-order valence-corrected chi connectivity index (χ1v) is 5.94. The maximum absolute atomic E-state index is 13.6. The highest BCUT2D eigenvalue weighted by atomic mass is 35.5. The van der Waals surface area contributed by atoms with Crippen LogP contribution in [0.1, 0.15) is 15.9 Å². The number of aromatic nitrogens is 1. The molecule has 1 heterocycles. The van der Waals surface area contributed by atoms with Crippen LogP contribution in [0.4, 0.5) is 4.39 Å². The van der Waals surface area contributed by atoms with Gasteiger partial charge in [0.05, 0.1) is 18.9 Å². The van der Waals surface area contributed by atoms with Gasteiger partial charge >= 0.3 is 0 Å². The van der Waals surface area contributed by atoms with Crippen molar-refractivity contribution in [1.29, 1.82) is 0 Å². The second kappa shape index (κ2) is 5.80. The van der Waals surface area contributed by atoms with E-state index in [-0.39, 0.29) is 12.2 Å². The predicted molar refractivity (Wildman–Crippen MR) is 70.2 cm³/mol. The molecule has 0 aliphatic rings. The van der Waals surface area contributed by atoms with Gasteiger partial charge in [-0.1, -0.05) is 17.7 Å². The van der Waals surface area contributed by atoms with Crippen molar-refractivity contribution >= 4 is 17.4 Å². The smallest absolute Gasteiger partial charge is 0.171 e. The van der Waals surface area contributed by atoms with Gasteiger partial charge in [-0.25, -0.2) is 4.39 Å². The molecule has 0 aliphatic heterocycles. The van der Waals surface area contributed by atoms with Gasteiger partial charge in [0, 0.05) is 17.6 Å². The molecule has 0 atom stereocenters. The lowest BCUT2D eigenvalue weighted by molar-refractivity contribution is 0.0988. The number of ketones is 1. The van der Waals surface area contributed by atoms with Crippen LogP contribution >= 0.6 is 11.6 Å². The first kappa shape index (κ1) is 13.5. The van der Waals surface area contributed by atoms with E-state index in [2.05, 4.69) is 4.98 Å². The summed E-state index contributed by atoms with van der Waals surface area (Å²) in [7, 11) is 1.46. The number of benzene rings is 1. The molecule has 1 aromatic heterocycles. The minimum Gasteiger partial charge on any atom is -0.494 e. The van der Waals surface area contributed by atoms with Crippen molar-refractivity contribution in [2.45, 2.75) is 6.42 Å². The molecule has 0 saturated carbocycles. The number of carbonyl (C=O) groups is 1. The van der Waals surface area contributed by atoms with Crippen LogP contribution in [0.3, 0.4) is 0 Å². The second-order valence-corrected chi connectivity index (χ2v) is 4.35. The van der Waals surface area contributed by atoms with E-state index in [1.165, 1.54) is 31.6 Å². The molecule has 2 aromatic rings. The molecule has 1 aromatic carbocycles. The molecule has 0 radical (unpaired) electrons. The molecule has 0 amide bonds. The van der Waals surface area contributed by atoms with E-state index in [0.717, 1.165) is 0 Å². The Morgan fingerprint density at radius 1 is 1.42 bits per heavy atom. The van der Waals surface area contributed by atoms with E-state index in [1.54, 1.807) is 12.1 Å². The Kier molecular flexibility index (Phi) is 4.12. The van der Waals surface area contributed by atoms with E-state index in [4.69, 9.17) is 16.3 Å². The monoisotopic (exact) mass is 279 g/mol. The number of ether oxygens (including phenoxy) is 1. The Hall–Kier alpha value is -1.94. The van der Waals surface area contributed by atoms with Crippen molar-refractivity contribution in [2.24, 2.45) is 0 Å². The van der Waals surface area contributed by atoms with Crippen molar-refractivity contribution in [3.8, 4) is 5.75 Å². The summed E-state index contributed by atoms with van der Waals surface area (Å²) in [6.45, 7) is 0. The van der Waals surface area contributed by atoms with Gasteiger partial charge in [-0.05, 0) is 23.8 Å². The summed E-state index contributed by atoms with van der Waals surface area (Å²) in [6, 6.07) is 5.79. The summed E-state index contributed by atoms with van der Waals surface area (Å²) >= 11 is 5.66. The van der Waals surface area contributed by atoms with Gasteiger partial charge in [-0.2, -0.15) is 0 Å². The van der Waals surface area contributed by atoms with Gasteiger partial charge in [-0.15, -0.1) is 0 Å². The van der Waals surface area contributed by atoms with Crippen LogP contribution in [0.2, 0.25) is 5.02 Å². The third-order valence-corrected chi connectivity index (χ3v) is 2.91. The topological polar surface area (TPSA) is 39.2 Å². The van der Waals surface area contributed by atoms with E-state index >= 15 is 0 Å². The maximum atomic E-state index is 13.6. The summed E-state index contributed by atoms with van der Waals surface area (Å²) in [5.74, 6) is -0.351. The largest absolute Gasteiger partial charge is 0.494 e. The minimum absolute atomic E-state index is 0.0522. The molecule has 0 bridgehead atoms. The number of nitrogens with zero attached hydrogens (tertiary/aromatic N) is 1. The quantitative estimate of drug-likeness (QED) is 0.806. The van der Waals surface area contributed by atoms with E-state index in [9.17, 15) is 9.18 Å². The first-order chi connectivity index (χ1) is 9.11. The molecule has 0 N–H and O–H groups in total. The normalized spacial score (nSPS) is 10.3. The zero-order valence-electron chi connectivity index (χ0n) is 10.2. The molecule has 0 saturated heterocycles. The lowest BCUT2D eigenvalue weighted by Crippen LogP contribution is -2.07. The van der Waals surface area contributed by atoms with Crippen LogP contribution in [-0.4, -0.2) is 17.9 Å². The van der Waals surface area contributed by atoms with Crippen molar-refractivity contribution < 1.29 is 13.9 Å². The third-order valence-electron chi connectivity index (χ3n) is 2.67. The van der Waals surface area contributed by atoms with Crippen molar-refractivity contribution in [2.75, 3.05) is 7.11 Å². The lowest BCUT2D eigenvalue weighted by atomic mass is 10.0. The fourth-order valence-corrected chi connectivity index (χ4v) is 1.87. The summed E-state index contributed by atoms with van der Waals surface area (Å²) in [6.07, 6.45) is 2.89. The third kappa shape index (κ3) is 3.09. The number of carbonyl (C=O) groups excluding carboxylic acids is 1. The van der Waals surface area contributed by atoms with Crippen molar-refractivity contribution in [1.82, 2.24) is 4.98 Å². The Morgan fingerprint density at radius 2 is 2.21 bits per heavy atom. The predicted octanol–water partition coefficient (Wildman–Crippen LogP) is 3.31. The lowest BCUT2D eigenvalue weighted by Gasteiger charge is -2.07. The van der Waals surface area contributed by atoms with Gasteiger partial charge in [-0.3, -0.25) is 9.78 Å². The summed E-state index contributed by atoms with van der Waals surface area (Å²) in [5.41, 5.74) is 0.681. The molecular weight excluding hydrogens is 269 g/mol. The average molecular weight is 280 g/mol. The molecule has 0 spiro atoms. The SMILES string of the molecule is COc1cnccc1C(=O)Cc1ccc(Cl)cc1F. The van der Waals surface area contributed by atoms with Crippen molar-refractivity contribution in [3.63, 3.8) is 0 Å². The Bertz CT molecular complexity index is 616. The number of hydrogen-bond donors (Lipinski definition) is 0. The number of methoxy groups -OCH3 is 1. The number of halogens is 2. The van der Waals surface area contributed by atoms with E-state index in [1.807, 2.05) is 0 Å². The summed E-state index contributed by atoms with van der Waals surface area (Å²) in [4.78, 5) is 16.0. The van der Waals surface area contributed by atoms with Crippen LogP contribution in [0, 0.1) is 5.82 Å². The molecule has 0 aliphatic carbocycles. The Balaban J connectivity index is 2.26. The molecule has 3 nitrogen and oxygen atoms in total. The number of Topliss-reactive ketones (excluding diaryl/α,β-unsaturated/α-hetero) is 1. The van der Waals surface area contributed by atoms with Crippen molar-refractivity contribution in [3.05, 3.63) is 58.6 Å². The van der Waals surface area contributed by atoms with E-state index < -0.39 is 5.82 Å². The Labute approximate surface area is 115 Å². The standard InChI is InChI=1S/C14H11ClFNO2/c1-19-14-8-17-5-4-11(14)13(18)6-9-2-3-10(15)7-12(9)16/h2-5,7-8H,6H2,1H3. The highest BCUT2D eigenvalue weighted by molar-refractivity contribution is 6.30. The van der Waals surface area contributed by atoms with Gasteiger partial charge in [0.2, 0.25) is 0 Å². The zero-order chi connectivity index (χ0) is 13.8. The van der Waals surface area contributed by atoms with Crippen LogP contribution in [-0.2, 0) is 6.42 Å². The van der Waals surface area contributed by atoms with Crippen LogP contribution in [0.15, 0.2) is 36.7 Å². The van der Waals surface area contributed by atoms with Crippen LogP contribution in [0.5, 0.6) is 5.75 Å². The second-order valence-electron chi connectivity index (χ2n) is 3.91. The highest BCUT2D eigenvalue weighted by Gasteiger charge is 2.14. The fraction of sp³-hybridized carbons (Fsp3) is 0.143. The molecule has 2 rings (SSSR count). The molecule has 0 fully saturated rings. The number of pyridine rings is 1. The average Bonchev–Trinajstić information content (AvgIpc) is 2.41. The van der Waals surface area contributed by atoms with Gasteiger partial charge in [0.25, 0.3) is 0 Å². The van der Waals surface area contributed by atoms with Crippen LogP contribution < -0.4 is 4.74 Å². The molecular formula is C14H11ClFNO2. The zero-order valence-corrected chi connectivity index (χ0v) is 10.9. The van der Waals surface area contributed by atoms with Gasteiger partial charge in [0.1, 0.15) is 11.6 Å². The molecule has 0 unspecified atom stereocenters. The Morgan fingerprint density at radius 3 is 2.89 bits per heavy atom. The summed E-state index contributed by atoms with van der Waals surface area (Å²) < 4.78 is 18.7.